The molecule has 9 heteroatoms. The summed E-state index contributed by atoms with van der Waals surface area (Å²) in [6.45, 7) is 3.32. The predicted molar refractivity (Wildman–Crippen MR) is 100 cm³/mol. The van der Waals surface area contributed by atoms with Gasteiger partial charge in [0.1, 0.15) is 12.1 Å². The van der Waals surface area contributed by atoms with Crippen LogP contribution >= 0.6 is 11.3 Å². The molecular formula is C18H21N5O3S. The number of aromatic nitrogens is 2. The minimum Gasteiger partial charge on any atom is -0.321 e. The van der Waals surface area contributed by atoms with Crippen molar-refractivity contribution in [1.82, 2.24) is 20.0 Å². The van der Waals surface area contributed by atoms with Gasteiger partial charge in [-0.3, -0.25) is 19.2 Å². The first-order valence-electron chi connectivity index (χ1n) is 8.84. The van der Waals surface area contributed by atoms with E-state index in [0.717, 1.165) is 33.9 Å². The van der Waals surface area contributed by atoms with Gasteiger partial charge < -0.3 is 10.6 Å². The van der Waals surface area contributed by atoms with E-state index >= 15 is 0 Å². The Kier molecular flexibility index (Phi) is 4.06. The van der Waals surface area contributed by atoms with Crippen LogP contribution in [0.3, 0.4) is 0 Å². The molecule has 1 aliphatic heterocycles. The van der Waals surface area contributed by atoms with Gasteiger partial charge in [-0.05, 0) is 44.6 Å². The Labute approximate surface area is 160 Å². The molecule has 142 valence electrons. The fraction of sp³-hybridized carbons (Fsp3) is 0.444. The summed E-state index contributed by atoms with van der Waals surface area (Å²) < 4.78 is 1.67. The summed E-state index contributed by atoms with van der Waals surface area (Å²) in [5.41, 5.74) is 1.96. The first-order valence-corrected chi connectivity index (χ1v) is 9.72. The molecule has 0 unspecified atom stereocenters. The molecule has 1 atom stereocenters. The minimum absolute atomic E-state index is 0.320. The van der Waals surface area contributed by atoms with Crippen LogP contribution in [0.5, 0.6) is 0 Å². The number of imide groups is 1. The lowest BCUT2D eigenvalue weighted by atomic mass is 9.80. The minimum atomic E-state index is -1.02. The molecular weight excluding hydrogens is 366 g/mol. The van der Waals surface area contributed by atoms with Crippen LogP contribution in [-0.2, 0) is 28.6 Å². The van der Waals surface area contributed by atoms with Crippen LogP contribution in [0.2, 0.25) is 0 Å². The van der Waals surface area contributed by atoms with Crippen molar-refractivity contribution in [3.05, 3.63) is 33.3 Å². The van der Waals surface area contributed by atoms with Crippen molar-refractivity contribution in [2.75, 3.05) is 11.9 Å². The normalized spacial score (nSPS) is 21.5. The van der Waals surface area contributed by atoms with E-state index in [1.807, 2.05) is 18.4 Å². The molecule has 0 bridgehead atoms. The first-order chi connectivity index (χ1) is 12.8. The molecule has 0 radical (unpaired) electrons. The predicted octanol–water partition coefficient (Wildman–Crippen LogP) is 1.82. The van der Waals surface area contributed by atoms with E-state index in [0.29, 0.717) is 17.8 Å². The fourth-order valence-electron chi connectivity index (χ4n) is 3.96. The Balaban J connectivity index is 1.55. The summed E-state index contributed by atoms with van der Waals surface area (Å²) in [6, 6.07) is 1.39. The highest BCUT2D eigenvalue weighted by atomic mass is 32.1. The smallest absolute Gasteiger partial charge is 0.321 e. The molecule has 0 saturated carbocycles. The maximum Gasteiger partial charge on any atom is 0.325 e. The lowest BCUT2D eigenvalue weighted by molar-refractivity contribution is -0.134. The van der Waals surface area contributed by atoms with Crippen molar-refractivity contribution in [2.24, 2.45) is 7.05 Å². The average Bonchev–Trinajstić information content (AvgIpc) is 3.26. The second-order valence-electron chi connectivity index (χ2n) is 7.06. The summed E-state index contributed by atoms with van der Waals surface area (Å²) in [5.74, 6) is -0.766. The van der Waals surface area contributed by atoms with Crippen molar-refractivity contribution < 1.29 is 14.4 Å². The maximum absolute atomic E-state index is 13.1. The summed E-state index contributed by atoms with van der Waals surface area (Å²) in [4.78, 5) is 40.3. The van der Waals surface area contributed by atoms with E-state index in [9.17, 15) is 14.4 Å². The van der Waals surface area contributed by atoms with E-state index < -0.39 is 17.5 Å². The molecule has 1 spiro atoms. The molecule has 2 aliphatic rings. The number of amides is 4. The number of carbonyl (C=O) groups excluding carboxylic acids is 3. The molecule has 27 heavy (non-hydrogen) atoms. The SMILES string of the molecule is Cc1nn(C)c(C)c1NC(=O)CN1C(=O)N[C@]2(CCCc3sccc32)C1=O. The summed E-state index contributed by atoms with van der Waals surface area (Å²) >= 11 is 1.60. The topological polar surface area (TPSA) is 96.3 Å². The van der Waals surface area contributed by atoms with E-state index in [-0.39, 0.29) is 12.5 Å². The van der Waals surface area contributed by atoms with Gasteiger partial charge in [0.2, 0.25) is 5.91 Å². The van der Waals surface area contributed by atoms with Crippen molar-refractivity contribution in [2.45, 2.75) is 38.6 Å². The summed E-state index contributed by atoms with van der Waals surface area (Å²) in [7, 11) is 1.79. The number of thiophene rings is 1. The van der Waals surface area contributed by atoms with Crippen LogP contribution in [-0.4, -0.2) is 39.1 Å². The zero-order chi connectivity index (χ0) is 19.3. The van der Waals surface area contributed by atoms with Gasteiger partial charge in [0.05, 0.1) is 17.1 Å². The van der Waals surface area contributed by atoms with Gasteiger partial charge in [0.15, 0.2) is 0 Å². The quantitative estimate of drug-likeness (QED) is 0.785. The molecule has 2 N–H and O–H groups in total. The fourth-order valence-corrected chi connectivity index (χ4v) is 4.96. The van der Waals surface area contributed by atoms with Crippen LogP contribution in [0, 0.1) is 13.8 Å². The largest absolute Gasteiger partial charge is 0.325 e. The Bertz CT molecular complexity index is 962. The van der Waals surface area contributed by atoms with Crippen molar-refractivity contribution >= 4 is 34.9 Å². The van der Waals surface area contributed by atoms with Crippen LogP contribution in [0.1, 0.15) is 34.7 Å². The van der Waals surface area contributed by atoms with E-state index in [2.05, 4.69) is 15.7 Å². The number of urea groups is 1. The second-order valence-corrected chi connectivity index (χ2v) is 8.06. The Hall–Kier alpha value is -2.68. The Morgan fingerprint density at radius 3 is 2.89 bits per heavy atom. The summed E-state index contributed by atoms with van der Waals surface area (Å²) in [6.07, 6.45) is 2.30. The second kappa shape index (κ2) is 6.19. The molecule has 1 saturated heterocycles. The monoisotopic (exact) mass is 387 g/mol. The van der Waals surface area contributed by atoms with Crippen LogP contribution in [0.25, 0.3) is 0 Å². The molecule has 1 aliphatic carbocycles. The molecule has 4 rings (SSSR count). The van der Waals surface area contributed by atoms with Gasteiger partial charge in [0, 0.05) is 17.5 Å². The highest BCUT2D eigenvalue weighted by Crippen LogP contribution is 2.42. The zero-order valence-electron chi connectivity index (χ0n) is 15.5. The number of nitrogens with one attached hydrogen (secondary N) is 2. The van der Waals surface area contributed by atoms with Gasteiger partial charge in [-0.1, -0.05) is 0 Å². The molecule has 0 aromatic carbocycles. The van der Waals surface area contributed by atoms with Crippen LogP contribution in [0.15, 0.2) is 11.4 Å². The van der Waals surface area contributed by atoms with E-state index in [4.69, 9.17) is 0 Å². The number of hydrogen-bond acceptors (Lipinski definition) is 5. The van der Waals surface area contributed by atoms with Gasteiger partial charge >= 0.3 is 6.03 Å². The van der Waals surface area contributed by atoms with Crippen molar-refractivity contribution in [1.29, 1.82) is 0 Å². The third-order valence-corrected chi connectivity index (χ3v) is 6.39. The van der Waals surface area contributed by atoms with Gasteiger partial charge in [0.25, 0.3) is 5.91 Å². The summed E-state index contributed by atoms with van der Waals surface area (Å²) in [5, 5.41) is 11.8. The van der Waals surface area contributed by atoms with Gasteiger partial charge in [-0.15, -0.1) is 11.3 Å². The highest BCUT2D eigenvalue weighted by molar-refractivity contribution is 7.10. The zero-order valence-corrected chi connectivity index (χ0v) is 16.3. The molecule has 8 nitrogen and oxygen atoms in total. The number of carbonyl (C=O) groups is 3. The molecule has 2 aromatic rings. The van der Waals surface area contributed by atoms with Crippen molar-refractivity contribution in [3.8, 4) is 0 Å². The number of nitrogens with zero attached hydrogens (tertiary/aromatic N) is 3. The van der Waals surface area contributed by atoms with E-state index in [1.165, 1.54) is 0 Å². The van der Waals surface area contributed by atoms with Crippen LogP contribution < -0.4 is 10.6 Å². The number of anilines is 1. The standard InChI is InChI=1S/C18H21N5O3S/c1-10-15(11(2)22(3)21-10)19-14(24)9-23-16(25)18(20-17(23)26)7-4-5-13-12(18)6-8-27-13/h6,8H,4-5,7,9H2,1-3H3,(H,19,24)(H,20,26)/t18-/m0/s1. The third kappa shape index (κ3) is 2.64. The Morgan fingerprint density at radius 1 is 1.41 bits per heavy atom. The maximum atomic E-state index is 13.1. The van der Waals surface area contributed by atoms with E-state index in [1.54, 1.807) is 30.0 Å². The molecule has 4 amide bonds. The lowest BCUT2D eigenvalue weighted by Crippen LogP contribution is -2.46. The highest BCUT2D eigenvalue weighted by Gasteiger charge is 2.54. The number of hydrogen-bond donors (Lipinski definition) is 2. The number of fused-ring (bicyclic) bond motifs is 2. The number of aryl methyl sites for hydroxylation is 3. The van der Waals surface area contributed by atoms with Gasteiger partial charge in [-0.2, -0.15) is 5.10 Å². The lowest BCUT2D eigenvalue weighted by Gasteiger charge is -2.31. The molecule has 1 fully saturated rings. The average molecular weight is 387 g/mol. The molecule has 3 heterocycles. The number of rotatable bonds is 3. The van der Waals surface area contributed by atoms with Crippen LogP contribution in [0.4, 0.5) is 10.5 Å². The Morgan fingerprint density at radius 2 is 2.19 bits per heavy atom. The van der Waals surface area contributed by atoms with Crippen molar-refractivity contribution in [3.63, 3.8) is 0 Å². The molecule has 2 aromatic heterocycles. The van der Waals surface area contributed by atoms with Gasteiger partial charge in [-0.25, -0.2) is 4.79 Å². The third-order valence-electron chi connectivity index (χ3n) is 5.41. The first kappa shape index (κ1) is 17.7.